The van der Waals surface area contributed by atoms with Gasteiger partial charge in [0.25, 0.3) is 23.2 Å². The molecule has 2 aliphatic rings. The fourth-order valence-electron chi connectivity index (χ4n) is 4.15. The van der Waals surface area contributed by atoms with Gasteiger partial charge in [0.05, 0.1) is 31.0 Å². The highest BCUT2D eigenvalue weighted by atomic mass is 32.2. The van der Waals surface area contributed by atoms with Gasteiger partial charge in [-0.2, -0.15) is 0 Å². The summed E-state index contributed by atoms with van der Waals surface area (Å²) in [7, 11) is 0. The summed E-state index contributed by atoms with van der Waals surface area (Å²) in [5.41, 5.74) is -0.898. The number of nitrogens with zero attached hydrogens (tertiary/aromatic N) is 4. The van der Waals surface area contributed by atoms with Crippen LogP contribution in [0.4, 0.5) is 22.7 Å². The van der Waals surface area contributed by atoms with Gasteiger partial charge in [0.1, 0.15) is 20.1 Å². The van der Waals surface area contributed by atoms with Gasteiger partial charge in [-0.05, 0) is 25.0 Å². The van der Waals surface area contributed by atoms with Crippen molar-refractivity contribution >= 4 is 103 Å². The van der Waals surface area contributed by atoms with E-state index in [1.54, 1.807) is 0 Å². The second-order valence-electron chi connectivity index (χ2n) is 9.53. The third kappa shape index (κ3) is 7.94. The Morgan fingerprint density at radius 3 is 1.46 bits per heavy atom. The number of thioether (sulfide) groups is 2. The Balaban J connectivity index is 1.29. The lowest BCUT2D eigenvalue weighted by Crippen LogP contribution is -2.31. The summed E-state index contributed by atoms with van der Waals surface area (Å²) in [6.45, 7) is 0.0794. The molecule has 240 valence electrons. The molecule has 2 heterocycles. The van der Waals surface area contributed by atoms with Crippen LogP contribution in [0.2, 0.25) is 0 Å². The Bertz CT molecular complexity index is 1610. The predicted octanol–water partition coefficient (Wildman–Crippen LogP) is 3.98. The number of hydrogen-bond donors (Lipinski definition) is 4. The maximum absolute atomic E-state index is 13.2. The van der Waals surface area contributed by atoms with Crippen LogP contribution in [0.5, 0.6) is 11.5 Å². The maximum Gasteiger partial charge on any atom is 0.271 e. The molecule has 46 heavy (non-hydrogen) atoms. The van der Waals surface area contributed by atoms with Crippen molar-refractivity contribution in [2.24, 2.45) is 0 Å². The van der Waals surface area contributed by atoms with Crippen LogP contribution in [-0.4, -0.2) is 75.2 Å². The summed E-state index contributed by atoms with van der Waals surface area (Å²) in [5.74, 6) is -2.89. The van der Waals surface area contributed by atoms with Crippen LogP contribution in [0.25, 0.3) is 0 Å². The lowest BCUT2D eigenvalue weighted by molar-refractivity contribution is -0.385. The van der Waals surface area contributed by atoms with Gasteiger partial charge >= 0.3 is 0 Å². The Labute approximate surface area is 278 Å². The molecule has 2 fully saturated rings. The zero-order chi connectivity index (χ0) is 33.7. The molecule has 0 bridgehead atoms. The van der Waals surface area contributed by atoms with Crippen molar-refractivity contribution in [3.8, 4) is 11.5 Å². The van der Waals surface area contributed by atoms with Crippen LogP contribution in [0, 0.1) is 20.2 Å². The van der Waals surface area contributed by atoms with Gasteiger partial charge in [0, 0.05) is 50.2 Å². The molecule has 2 saturated heterocycles. The molecule has 0 unspecified atom stereocenters. The van der Waals surface area contributed by atoms with Crippen molar-refractivity contribution in [2.45, 2.75) is 25.7 Å². The molecule has 20 heteroatoms. The lowest BCUT2D eigenvalue weighted by Gasteiger charge is -2.15. The van der Waals surface area contributed by atoms with E-state index < -0.39 is 33.5 Å². The number of non-ortho nitro benzene ring substituents is 2. The first-order valence-corrected chi connectivity index (χ1v) is 15.6. The number of rotatable bonds is 12. The molecule has 0 atom stereocenters. The summed E-state index contributed by atoms with van der Waals surface area (Å²) in [4.78, 5) is 74.3. The first-order chi connectivity index (χ1) is 21.8. The summed E-state index contributed by atoms with van der Waals surface area (Å²) < 4.78 is 0.339. The molecule has 2 aromatic carbocycles. The molecular weight excluding hydrogens is 685 g/mol. The van der Waals surface area contributed by atoms with Gasteiger partial charge in [0.2, 0.25) is 11.8 Å². The Kier molecular flexibility index (Phi) is 10.9. The third-order valence-electron chi connectivity index (χ3n) is 6.41. The normalized spacial score (nSPS) is 16.3. The molecule has 0 spiro atoms. The largest absolute Gasteiger partial charge is 0.506 e. The molecular formula is C26H22N6O10S4. The summed E-state index contributed by atoms with van der Waals surface area (Å²) in [6.07, 6.45) is 0.0900. The van der Waals surface area contributed by atoms with Crippen LogP contribution >= 0.6 is 48.0 Å². The molecule has 0 radical (unpaired) electrons. The number of benzene rings is 2. The van der Waals surface area contributed by atoms with Crippen LogP contribution in [0.3, 0.4) is 0 Å². The van der Waals surface area contributed by atoms with Crippen molar-refractivity contribution < 1.29 is 39.2 Å². The van der Waals surface area contributed by atoms with Crippen LogP contribution in [0.15, 0.2) is 46.2 Å². The Morgan fingerprint density at radius 2 is 1.11 bits per heavy atom. The van der Waals surface area contributed by atoms with Crippen molar-refractivity contribution in [2.75, 3.05) is 23.7 Å². The number of nitro benzene ring substituents is 2. The van der Waals surface area contributed by atoms with E-state index in [2.05, 4.69) is 10.6 Å². The maximum atomic E-state index is 13.2. The van der Waals surface area contributed by atoms with Crippen molar-refractivity contribution in [3.05, 3.63) is 66.4 Å². The molecule has 16 nitrogen and oxygen atoms in total. The first kappa shape index (κ1) is 34.2. The van der Waals surface area contributed by atoms with Crippen LogP contribution in [-0.2, 0) is 19.2 Å². The fourth-order valence-corrected chi connectivity index (χ4v) is 6.92. The van der Waals surface area contributed by atoms with Crippen LogP contribution < -0.4 is 10.6 Å². The number of thiocarbonyl (C=S) groups is 2. The average Bonchev–Trinajstić information content (AvgIpc) is 3.43. The molecule has 4 amide bonds. The van der Waals surface area contributed by atoms with Gasteiger partial charge in [-0.3, -0.25) is 49.2 Å². The van der Waals surface area contributed by atoms with Gasteiger partial charge in [-0.1, -0.05) is 48.0 Å². The molecule has 4 N–H and O–H groups in total. The molecule has 0 saturated carbocycles. The number of carbonyl (C=O) groups is 4. The van der Waals surface area contributed by atoms with E-state index in [0.717, 1.165) is 59.9 Å². The SMILES string of the molecule is O=C(CCCN1C(=O)C(=C2SC(=S)N(CCCC(=O)Nc3cc([N+](=O)[O-])ccc3O)C2=O)SC1=S)Nc1cc([N+](=O)[O-])ccc1O. The second kappa shape index (κ2) is 14.6. The number of phenols is 2. The van der Waals surface area contributed by atoms with E-state index in [1.165, 1.54) is 9.80 Å². The number of nitrogens with one attached hydrogen (secondary N) is 2. The minimum atomic E-state index is -0.671. The minimum Gasteiger partial charge on any atom is -0.506 e. The topological polar surface area (TPSA) is 226 Å². The predicted molar refractivity (Wildman–Crippen MR) is 176 cm³/mol. The number of carbonyl (C=O) groups excluding carboxylic acids is 4. The Hall–Kier alpha value is -4.66. The quantitative estimate of drug-likeness (QED) is 0.0805. The number of phenolic OH excluding ortho intramolecular Hbond substituents is 2. The summed E-state index contributed by atoms with van der Waals surface area (Å²) >= 11 is 12.5. The van der Waals surface area contributed by atoms with E-state index in [1.807, 2.05) is 0 Å². The van der Waals surface area contributed by atoms with E-state index in [-0.39, 0.29) is 91.5 Å². The highest BCUT2D eigenvalue weighted by Gasteiger charge is 2.41. The number of amides is 4. The van der Waals surface area contributed by atoms with Gasteiger partial charge in [-0.15, -0.1) is 0 Å². The second-order valence-corrected chi connectivity index (χ2v) is 12.8. The molecule has 2 aliphatic heterocycles. The van der Waals surface area contributed by atoms with Crippen molar-refractivity contribution in [1.29, 1.82) is 0 Å². The monoisotopic (exact) mass is 706 g/mol. The lowest BCUT2D eigenvalue weighted by atomic mass is 10.2. The number of aromatic hydroxyl groups is 2. The van der Waals surface area contributed by atoms with Crippen molar-refractivity contribution in [3.63, 3.8) is 0 Å². The van der Waals surface area contributed by atoms with Gasteiger partial charge in [0.15, 0.2) is 0 Å². The van der Waals surface area contributed by atoms with E-state index in [0.29, 0.717) is 0 Å². The van der Waals surface area contributed by atoms with Gasteiger partial charge < -0.3 is 20.8 Å². The average molecular weight is 707 g/mol. The smallest absolute Gasteiger partial charge is 0.271 e. The van der Waals surface area contributed by atoms with Gasteiger partial charge in [-0.25, -0.2) is 0 Å². The standard InChI is InChI=1S/C26H22N6O10S4/c33-17-7-5-13(31(39)40)11-15(17)27-19(35)3-1-9-29-23(37)21(45-25(29)43)22-24(38)30(26(44)46-22)10-2-4-20(36)28-16-12-14(32(41)42)6-8-18(16)34/h5-8,11-12,33-34H,1-4,9-10H2,(H,27,35)(H,28,36). The highest BCUT2D eigenvalue weighted by Crippen LogP contribution is 2.42. The number of hydrogen-bond acceptors (Lipinski definition) is 14. The molecule has 4 rings (SSSR count). The Morgan fingerprint density at radius 1 is 0.739 bits per heavy atom. The fraction of sp³-hybridized carbons (Fsp3) is 0.231. The number of anilines is 2. The summed E-state index contributed by atoms with van der Waals surface area (Å²) in [5, 5.41) is 46.5. The third-order valence-corrected chi connectivity index (χ3v) is 9.43. The zero-order valence-corrected chi connectivity index (χ0v) is 26.6. The molecule has 2 aromatic rings. The van der Waals surface area contributed by atoms with E-state index in [9.17, 15) is 49.6 Å². The van der Waals surface area contributed by atoms with Crippen molar-refractivity contribution in [1.82, 2.24) is 9.80 Å². The minimum absolute atomic E-state index is 0.0397. The highest BCUT2D eigenvalue weighted by molar-refractivity contribution is 8.29. The first-order valence-electron chi connectivity index (χ1n) is 13.1. The zero-order valence-electron chi connectivity index (χ0n) is 23.3. The van der Waals surface area contributed by atoms with Crippen LogP contribution in [0.1, 0.15) is 25.7 Å². The van der Waals surface area contributed by atoms with E-state index >= 15 is 0 Å². The number of nitro groups is 2. The summed E-state index contributed by atoms with van der Waals surface area (Å²) in [6, 6.07) is 6.39. The van der Waals surface area contributed by atoms with E-state index in [4.69, 9.17) is 24.4 Å². The molecule has 0 aliphatic carbocycles. The molecule has 0 aromatic heterocycles.